The number of hydrogen-bond donors (Lipinski definition) is 0. The summed E-state index contributed by atoms with van der Waals surface area (Å²) in [4.78, 5) is 10.1. The van der Waals surface area contributed by atoms with E-state index in [9.17, 15) is 9.90 Å². The fourth-order valence-electron chi connectivity index (χ4n) is 0.643. The molecule has 56 valence electrons. The average Bonchev–Trinajstić information content (AvgIpc) is 1.89. The summed E-state index contributed by atoms with van der Waals surface area (Å²) in [6.45, 7) is 1.95. The van der Waals surface area contributed by atoms with Crippen LogP contribution in [-0.2, 0) is 4.79 Å². The molecule has 0 radical (unpaired) electrons. The molecule has 0 bridgehead atoms. The minimum atomic E-state index is -1.25. The zero-order valence-corrected chi connectivity index (χ0v) is 8.96. The SMILES string of the molecule is CCCCC(C#N)C(=O)[O-].[Na+]. The van der Waals surface area contributed by atoms with Gasteiger partial charge in [-0.25, -0.2) is 0 Å². The molecule has 0 aromatic heterocycles. The molecule has 4 heteroatoms. The van der Waals surface area contributed by atoms with Crippen LogP contribution in [0.25, 0.3) is 0 Å². The van der Waals surface area contributed by atoms with Crippen LogP contribution in [0.3, 0.4) is 0 Å². The molecule has 0 spiro atoms. The molecule has 0 aliphatic heterocycles. The van der Waals surface area contributed by atoms with E-state index in [1.165, 1.54) is 0 Å². The number of nitriles is 1. The summed E-state index contributed by atoms with van der Waals surface area (Å²) < 4.78 is 0. The first-order valence-corrected chi connectivity index (χ1v) is 3.32. The van der Waals surface area contributed by atoms with Crippen molar-refractivity contribution in [1.82, 2.24) is 0 Å². The maximum Gasteiger partial charge on any atom is 1.00 e. The average molecular weight is 163 g/mol. The molecule has 3 nitrogen and oxygen atoms in total. The van der Waals surface area contributed by atoms with Crippen LogP contribution < -0.4 is 34.7 Å². The van der Waals surface area contributed by atoms with Crippen LogP contribution in [-0.4, -0.2) is 5.97 Å². The molecule has 1 atom stereocenters. The third kappa shape index (κ3) is 6.36. The van der Waals surface area contributed by atoms with Crippen molar-refractivity contribution in [3.8, 4) is 6.07 Å². The quantitative estimate of drug-likeness (QED) is 0.417. The van der Waals surface area contributed by atoms with Crippen molar-refractivity contribution in [3.63, 3.8) is 0 Å². The van der Waals surface area contributed by atoms with E-state index in [1.807, 2.05) is 6.92 Å². The monoisotopic (exact) mass is 163 g/mol. The van der Waals surface area contributed by atoms with Gasteiger partial charge in [0, 0.05) is 0 Å². The van der Waals surface area contributed by atoms with Gasteiger partial charge in [0.2, 0.25) is 0 Å². The van der Waals surface area contributed by atoms with Gasteiger partial charge in [-0.3, -0.25) is 0 Å². The number of unbranched alkanes of at least 4 members (excludes halogenated alkanes) is 1. The number of carbonyl (C=O) groups excluding carboxylic acids is 1. The largest absolute Gasteiger partial charge is 1.00 e. The Labute approximate surface area is 88.7 Å². The zero-order valence-electron chi connectivity index (χ0n) is 6.96. The molecule has 0 aliphatic rings. The summed E-state index contributed by atoms with van der Waals surface area (Å²) in [6, 6.07) is 1.67. The van der Waals surface area contributed by atoms with Crippen molar-refractivity contribution >= 4 is 5.97 Å². The van der Waals surface area contributed by atoms with Crippen molar-refractivity contribution in [2.75, 3.05) is 0 Å². The predicted octanol–water partition coefficient (Wildman–Crippen LogP) is -2.93. The third-order valence-electron chi connectivity index (χ3n) is 1.29. The number of rotatable bonds is 4. The van der Waals surface area contributed by atoms with E-state index in [2.05, 4.69) is 0 Å². The molecule has 1 unspecified atom stereocenters. The van der Waals surface area contributed by atoms with Gasteiger partial charge >= 0.3 is 29.6 Å². The van der Waals surface area contributed by atoms with Crippen molar-refractivity contribution in [2.45, 2.75) is 26.2 Å². The Morgan fingerprint density at radius 2 is 2.27 bits per heavy atom. The van der Waals surface area contributed by atoms with Gasteiger partial charge in [-0.05, 0) is 6.42 Å². The molecule has 0 fully saturated rings. The van der Waals surface area contributed by atoms with Crippen LogP contribution in [0.15, 0.2) is 0 Å². The Bertz CT molecular complexity index is 153. The topological polar surface area (TPSA) is 63.9 Å². The van der Waals surface area contributed by atoms with E-state index in [0.29, 0.717) is 6.42 Å². The maximum atomic E-state index is 10.1. The van der Waals surface area contributed by atoms with Gasteiger partial charge in [-0.2, -0.15) is 5.26 Å². The fourth-order valence-corrected chi connectivity index (χ4v) is 0.643. The molecule has 0 heterocycles. The molecule has 0 N–H and O–H groups in total. The van der Waals surface area contributed by atoms with Gasteiger partial charge in [0.25, 0.3) is 0 Å². The number of aliphatic carboxylic acids is 1. The molecule has 0 aromatic carbocycles. The smallest absolute Gasteiger partial charge is 0.549 e. The molecular weight excluding hydrogens is 153 g/mol. The van der Waals surface area contributed by atoms with Gasteiger partial charge in [0.1, 0.15) is 0 Å². The first kappa shape index (κ1) is 13.5. The number of nitrogens with zero attached hydrogens (tertiary/aromatic N) is 1. The molecule has 0 aliphatic carbocycles. The van der Waals surface area contributed by atoms with Crippen molar-refractivity contribution in [1.29, 1.82) is 5.26 Å². The summed E-state index contributed by atoms with van der Waals surface area (Å²) >= 11 is 0. The van der Waals surface area contributed by atoms with E-state index >= 15 is 0 Å². The van der Waals surface area contributed by atoms with E-state index < -0.39 is 11.9 Å². The fraction of sp³-hybridized carbons (Fsp3) is 0.714. The van der Waals surface area contributed by atoms with Crippen LogP contribution in [0, 0.1) is 17.2 Å². The summed E-state index contributed by atoms with van der Waals surface area (Å²) in [6.07, 6.45) is 2.09. The van der Waals surface area contributed by atoms with Gasteiger partial charge < -0.3 is 9.90 Å². The first-order valence-electron chi connectivity index (χ1n) is 3.32. The van der Waals surface area contributed by atoms with Gasteiger partial charge in [0.05, 0.1) is 18.0 Å². The van der Waals surface area contributed by atoms with Crippen LogP contribution in [0.5, 0.6) is 0 Å². The second-order valence-electron chi connectivity index (χ2n) is 2.14. The Balaban J connectivity index is 0. The van der Waals surface area contributed by atoms with E-state index in [4.69, 9.17) is 5.26 Å². The van der Waals surface area contributed by atoms with Crippen molar-refractivity contribution in [3.05, 3.63) is 0 Å². The normalized spacial score (nSPS) is 10.9. The first-order chi connectivity index (χ1) is 4.72. The van der Waals surface area contributed by atoms with Gasteiger partial charge in [-0.15, -0.1) is 0 Å². The summed E-state index contributed by atoms with van der Waals surface area (Å²) in [7, 11) is 0. The maximum absolute atomic E-state index is 10.1. The van der Waals surface area contributed by atoms with Gasteiger partial charge in [0.15, 0.2) is 0 Å². The Morgan fingerprint density at radius 3 is 2.55 bits per heavy atom. The zero-order chi connectivity index (χ0) is 7.98. The summed E-state index contributed by atoms with van der Waals surface area (Å²) in [5.41, 5.74) is 0. The number of carboxylic acid groups (broad SMARTS) is 1. The Hall–Kier alpha value is -0.0400. The molecule has 0 saturated heterocycles. The van der Waals surface area contributed by atoms with Crippen LogP contribution in [0.1, 0.15) is 26.2 Å². The van der Waals surface area contributed by atoms with Crippen LogP contribution in [0.2, 0.25) is 0 Å². The Kier molecular flexibility index (Phi) is 9.92. The molecule has 0 saturated carbocycles. The van der Waals surface area contributed by atoms with E-state index in [0.717, 1.165) is 12.8 Å². The van der Waals surface area contributed by atoms with Crippen LogP contribution >= 0.6 is 0 Å². The number of carbonyl (C=O) groups is 1. The van der Waals surface area contributed by atoms with Crippen LogP contribution in [0.4, 0.5) is 0 Å². The third-order valence-corrected chi connectivity index (χ3v) is 1.29. The Morgan fingerprint density at radius 1 is 1.73 bits per heavy atom. The number of hydrogen-bond acceptors (Lipinski definition) is 3. The standard InChI is InChI=1S/C7H11NO2.Na/c1-2-3-4-6(5-8)7(9)10;/h6H,2-4H2,1H3,(H,9,10);/q;+1/p-1. The minimum Gasteiger partial charge on any atom is -0.549 e. The predicted molar refractivity (Wildman–Crippen MR) is 33.6 cm³/mol. The summed E-state index contributed by atoms with van der Waals surface area (Å²) in [5.74, 6) is -2.17. The second-order valence-corrected chi connectivity index (χ2v) is 2.14. The molecule has 0 aromatic rings. The van der Waals surface area contributed by atoms with E-state index in [-0.39, 0.29) is 29.6 Å². The van der Waals surface area contributed by atoms with Crippen molar-refractivity contribution < 1.29 is 39.5 Å². The molecular formula is C7H10NNaO2. The number of carboxylic acids is 1. The minimum absolute atomic E-state index is 0. The molecule has 0 rings (SSSR count). The van der Waals surface area contributed by atoms with E-state index in [1.54, 1.807) is 6.07 Å². The second kappa shape index (κ2) is 8.06. The summed E-state index contributed by atoms with van der Waals surface area (Å²) in [5, 5.41) is 18.4. The molecule has 0 amide bonds. The van der Waals surface area contributed by atoms with Crippen molar-refractivity contribution in [2.24, 2.45) is 5.92 Å². The van der Waals surface area contributed by atoms with Gasteiger partial charge in [-0.1, -0.05) is 19.8 Å². The molecule has 11 heavy (non-hydrogen) atoms.